The second-order valence-corrected chi connectivity index (χ2v) is 9.26. The molecule has 6 nitrogen and oxygen atoms in total. The number of primary amides is 1. The summed E-state index contributed by atoms with van der Waals surface area (Å²) in [5.41, 5.74) is 5.59. The highest BCUT2D eigenvalue weighted by Crippen LogP contribution is 2.28. The molecule has 0 spiro atoms. The SMILES string of the molecule is C=CCC(C(N)=O)C(CC(C)C)C(=O)N[C@H]1CCCCN(CC2CCCC2)C1=O. The third kappa shape index (κ3) is 6.86. The molecule has 1 saturated heterocycles. The van der Waals surface area contributed by atoms with Gasteiger partial charge in [0.25, 0.3) is 0 Å². The van der Waals surface area contributed by atoms with Gasteiger partial charge in [0.1, 0.15) is 6.04 Å². The smallest absolute Gasteiger partial charge is 0.245 e. The number of nitrogens with one attached hydrogen (secondary N) is 1. The van der Waals surface area contributed by atoms with E-state index in [-0.39, 0.29) is 17.7 Å². The molecule has 1 heterocycles. The molecular formula is C23H39N3O3. The molecular weight excluding hydrogens is 366 g/mol. The fourth-order valence-corrected chi connectivity index (χ4v) is 4.82. The van der Waals surface area contributed by atoms with E-state index in [0.717, 1.165) is 25.9 Å². The second kappa shape index (κ2) is 11.4. The van der Waals surface area contributed by atoms with Gasteiger partial charge in [0.2, 0.25) is 17.7 Å². The Balaban J connectivity index is 2.09. The minimum Gasteiger partial charge on any atom is -0.369 e. The highest BCUT2D eigenvalue weighted by atomic mass is 16.2. The quantitative estimate of drug-likeness (QED) is 0.547. The summed E-state index contributed by atoms with van der Waals surface area (Å²) in [7, 11) is 0. The van der Waals surface area contributed by atoms with Crippen LogP contribution in [0.4, 0.5) is 0 Å². The van der Waals surface area contributed by atoms with Gasteiger partial charge >= 0.3 is 0 Å². The Kier molecular flexibility index (Phi) is 9.18. The van der Waals surface area contributed by atoms with E-state index in [9.17, 15) is 14.4 Å². The number of nitrogens with two attached hydrogens (primary N) is 1. The van der Waals surface area contributed by atoms with Gasteiger partial charge < -0.3 is 16.0 Å². The van der Waals surface area contributed by atoms with E-state index in [1.54, 1.807) is 6.08 Å². The summed E-state index contributed by atoms with van der Waals surface area (Å²) < 4.78 is 0. The lowest BCUT2D eigenvalue weighted by atomic mass is 9.82. The van der Waals surface area contributed by atoms with E-state index < -0.39 is 23.8 Å². The molecule has 1 saturated carbocycles. The number of amides is 3. The summed E-state index contributed by atoms with van der Waals surface area (Å²) in [6, 6.07) is -0.502. The van der Waals surface area contributed by atoms with Gasteiger partial charge in [-0.15, -0.1) is 6.58 Å². The molecule has 2 rings (SSSR count). The number of carbonyl (C=O) groups excluding carboxylic acids is 3. The van der Waals surface area contributed by atoms with Gasteiger partial charge in [-0.05, 0) is 56.8 Å². The Bertz CT molecular complexity index is 584. The summed E-state index contributed by atoms with van der Waals surface area (Å²) in [5.74, 6) is -0.984. The predicted octanol–water partition coefficient (Wildman–Crippen LogP) is 3.01. The number of hydrogen-bond donors (Lipinski definition) is 2. The van der Waals surface area contributed by atoms with Crippen LogP contribution in [0.15, 0.2) is 12.7 Å². The van der Waals surface area contributed by atoms with Crippen molar-refractivity contribution in [2.24, 2.45) is 29.4 Å². The van der Waals surface area contributed by atoms with Crippen LogP contribution in [0.3, 0.4) is 0 Å². The number of rotatable bonds is 10. The maximum Gasteiger partial charge on any atom is 0.245 e. The van der Waals surface area contributed by atoms with Crippen LogP contribution in [0.2, 0.25) is 0 Å². The molecule has 1 aliphatic carbocycles. The molecule has 1 aliphatic heterocycles. The van der Waals surface area contributed by atoms with E-state index in [1.807, 2.05) is 18.7 Å². The largest absolute Gasteiger partial charge is 0.369 e. The van der Waals surface area contributed by atoms with Crippen LogP contribution in [-0.2, 0) is 14.4 Å². The van der Waals surface area contributed by atoms with Crippen molar-refractivity contribution >= 4 is 17.7 Å². The Morgan fingerprint density at radius 1 is 1.17 bits per heavy atom. The highest BCUT2D eigenvalue weighted by Gasteiger charge is 2.36. The van der Waals surface area contributed by atoms with Gasteiger partial charge in [0.15, 0.2) is 0 Å². The maximum atomic E-state index is 13.2. The Hall–Kier alpha value is -1.85. The van der Waals surface area contributed by atoms with Gasteiger partial charge in [0, 0.05) is 13.1 Å². The second-order valence-electron chi connectivity index (χ2n) is 9.26. The van der Waals surface area contributed by atoms with Crippen LogP contribution in [0.25, 0.3) is 0 Å². The molecule has 29 heavy (non-hydrogen) atoms. The van der Waals surface area contributed by atoms with Crippen molar-refractivity contribution in [1.82, 2.24) is 10.2 Å². The summed E-state index contributed by atoms with van der Waals surface area (Å²) in [5, 5.41) is 2.99. The molecule has 0 aromatic heterocycles. The molecule has 2 aliphatic rings. The molecule has 0 aromatic carbocycles. The van der Waals surface area contributed by atoms with Crippen LogP contribution >= 0.6 is 0 Å². The maximum absolute atomic E-state index is 13.2. The average molecular weight is 406 g/mol. The summed E-state index contributed by atoms with van der Waals surface area (Å²) >= 11 is 0. The molecule has 0 radical (unpaired) electrons. The molecule has 3 amide bonds. The molecule has 2 unspecified atom stereocenters. The van der Waals surface area contributed by atoms with Gasteiger partial charge in [0.05, 0.1) is 11.8 Å². The zero-order valence-corrected chi connectivity index (χ0v) is 18.2. The van der Waals surface area contributed by atoms with Gasteiger partial charge in [-0.2, -0.15) is 0 Å². The Morgan fingerprint density at radius 2 is 1.83 bits per heavy atom. The van der Waals surface area contributed by atoms with Crippen molar-refractivity contribution in [2.45, 2.75) is 77.7 Å². The van der Waals surface area contributed by atoms with Crippen LogP contribution in [-0.4, -0.2) is 41.8 Å². The third-order valence-electron chi connectivity index (χ3n) is 6.38. The van der Waals surface area contributed by atoms with Crippen molar-refractivity contribution < 1.29 is 14.4 Å². The normalized spacial score (nSPS) is 22.9. The first-order valence-corrected chi connectivity index (χ1v) is 11.3. The fourth-order valence-electron chi connectivity index (χ4n) is 4.82. The summed E-state index contributed by atoms with van der Waals surface area (Å²) in [6.07, 6.45) is 9.99. The molecule has 0 bridgehead atoms. The highest BCUT2D eigenvalue weighted by molar-refractivity contribution is 5.91. The fraction of sp³-hybridized carbons (Fsp3) is 0.783. The monoisotopic (exact) mass is 405 g/mol. The van der Waals surface area contributed by atoms with Crippen LogP contribution in [0, 0.1) is 23.7 Å². The number of nitrogens with zero attached hydrogens (tertiary/aromatic N) is 1. The topological polar surface area (TPSA) is 92.5 Å². The van der Waals surface area contributed by atoms with Crippen molar-refractivity contribution in [2.75, 3.05) is 13.1 Å². The molecule has 6 heteroatoms. The first kappa shape index (κ1) is 23.4. The van der Waals surface area contributed by atoms with Crippen molar-refractivity contribution in [3.63, 3.8) is 0 Å². The van der Waals surface area contributed by atoms with Gasteiger partial charge in [-0.3, -0.25) is 14.4 Å². The lowest BCUT2D eigenvalue weighted by Crippen LogP contribution is -2.51. The van der Waals surface area contributed by atoms with Crippen molar-refractivity contribution in [3.8, 4) is 0 Å². The summed E-state index contributed by atoms with van der Waals surface area (Å²) in [4.78, 5) is 40.3. The third-order valence-corrected chi connectivity index (χ3v) is 6.38. The minimum atomic E-state index is -0.592. The molecule has 3 atom stereocenters. The first-order chi connectivity index (χ1) is 13.8. The average Bonchev–Trinajstić information content (AvgIpc) is 3.11. The van der Waals surface area contributed by atoms with Gasteiger partial charge in [-0.25, -0.2) is 0 Å². The van der Waals surface area contributed by atoms with Crippen LogP contribution in [0.5, 0.6) is 0 Å². The van der Waals surface area contributed by atoms with Gasteiger partial charge in [-0.1, -0.05) is 32.8 Å². The lowest BCUT2D eigenvalue weighted by molar-refractivity contribution is -0.139. The van der Waals surface area contributed by atoms with E-state index >= 15 is 0 Å². The van der Waals surface area contributed by atoms with Crippen molar-refractivity contribution in [1.29, 1.82) is 0 Å². The number of allylic oxidation sites excluding steroid dienone is 1. The Morgan fingerprint density at radius 3 is 2.41 bits per heavy atom. The van der Waals surface area contributed by atoms with E-state index in [1.165, 1.54) is 25.7 Å². The summed E-state index contributed by atoms with van der Waals surface area (Å²) in [6.45, 7) is 9.32. The minimum absolute atomic E-state index is 0.0328. The lowest BCUT2D eigenvalue weighted by Gasteiger charge is -2.30. The zero-order chi connectivity index (χ0) is 21.4. The standard InChI is InChI=1S/C23H39N3O3/c1-4-9-18(21(24)27)19(14-16(2)3)22(28)25-20-12-7-8-13-26(23(20)29)15-17-10-5-6-11-17/h4,16-20H,1,5-15H2,2-3H3,(H2,24,27)(H,25,28)/t18?,19?,20-/m0/s1. The number of hydrogen-bond acceptors (Lipinski definition) is 3. The van der Waals surface area contributed by atoms with E-state index in [4.69, 9.17) is 5.73 Å². The van der Waals surface area contributed by atoms with E-state index in [0.29, 0.717) is 25.2 Å². The van der Waals surface area contributed by atoms with Crippen LogP contribution in [0.1, 0.15) is 71.6 Å². The van der Waals surface area contributed by atoms with Crippen molar-refractivity contribution in [3.05, 3.63) is 12.7 Å². The number of carbonyl (C=O) groups is 3. The molecule has 164 valence electrons. The zero-order valence-electron chi connectivity index (χ0n) is 18.2. The molecule has 3 N–H and O–H groups in total. The Labute approximate surface area is 175 Å². The molecule has 2 fully saturated rings. The van der Waals surface area contributed by atoms with E-state index in [2.05, 4.69) is 11.9 Å². The predicted molar refractivity (Wildman–Crippen MR) is 115 cm³/mol. The molecule has 0 aromatic rings. The first-order valence-electron chi connectivity index (χ1n) is 11.3. The van der Waals surface area contributed by atoms with Crippen LogP contribution < -0.4 is 11.1 Å². The number of likely N-dealkylation sites (tertiary alicyclic amines) is 1.